The van der Waals surface area contributed by atoms with Crippen molar-refractivity contribution in [1.29, 1.82) is 0 Å². The summed E-state index contributed by atoms with van der Waals surface area (Å²) in [5, 5.41) is 13.5. The maximum atomic E-state index is 12.4. The second kappa shape index (κ2) is 8.26. The Morgan fingerprint density at radius 3 is 2.58 bits per heavy atom. The molecule has 4 nitrogen and oxygen atoms in total. The van der Waals surface area contributed by atoms with Crippen molar-refractivity contribution in [3.8, 4) is 0 Å². The van der Waals surface area contributed by atoms with E-state index in [0.29, 0.717) is 11.3 Å². The van der Waals surface area contributed by atoms with Gasteiger partial charge in [-0.15, -0.1) is 0 Å². The molecule has 2 aliphatic rings. The van der Waals surface area contributed by atoms with Gasteiger partial charge >= 0.3 is 0 Å². The number of rotatable bonds is 5. The van der Waals surface area contributed by atoms with Gasteiger partial charge in [0.1, 0.15) is 0 Å². The minimum Gasteiger partial charge on any atom is -0.393 e. The van der Waals surface area contributed by atoms with Crippen molar-refractivity contribution >= 4 is 23.4 Å². The Bertz CT molecular complexity index is 541. The van der Waals surface area contributed by atoms with E-state index in [4.69, 9.17) is 0 Å². The highest BCUT2D eigenvalue weighted by Crippen LogP contribution is 2.30. The number of nitrogens with one attached hydrogen (secondary N) is 1. The van der Waals surface area contributed by atoms with Gasteiger partial charge in [0.25, 0.3) is 5.91 Å². The Labute approximate surface area is 149 Å². The van der Waals surface area contributed by atoms with Gasteiger partial charge in [0.05, 0.1) is 6.10 Å². The summed E-state index contributed by atoms with van der Waals surface area (Å²) in [7, 11) is 0. The molecule has 2 atom stereocenters. The topological polar surface area (TPSA) is 52.6 Å². The maximum Gasteiger partial charge on any atom is 0.251 e. The molecule has 24 heavy (non-hydrogen) atoms. The van der Waals surface area contributed by atoms with Gasteiger partial charge in [-0.05, 0) is 62.1 Å². The van der Waals surface area contributed by atoms with Crippen molar-refractivity contribution in [1.82, 2.24) is 5.32 Å². The highest BCUT2D eigenvalue weighted by molar-refractivity contribution is 7.99. The lowest BCUT2D eigenvalue weighted by Gasteiger charge is -2.31. The van der Waals surface area contributed by atoms with Crippen LogP contribution < -0.4 is 10.2 Å². The van der Waals surface area contributed by atoms with Crippen LogP contribution in [0.15, 0.2) is 24.3 Å². The predicted molar refractivity (Wildman–Crippen MR) is 101 cm³/mol. The number of hydrogen-bond donors (Lipinski definition) is 2. The molecule has 0 aromatic heterocycles. The molecule has 5 heteroatoms. The van der Waals surface area contributed by atoms with Gasteiger partial charge < -0.3 is 15.3 Å². The zero-order valence-electron chi connectivity index (χ0n) is 14.4. The minimum absolute atomic E-state index is 0.0442. The molecule has 3 rings (SSSR count). The van der Waals surface area contributed by atoms with Gasteiger partial charge in [-0.25, -0.2) is 0 Å². The van der Waals surface area contributed by atoms with Crippen LogP contribution in [0.4, 0.5) is 5.69 Å². The van der Waals surface area contributed by atoms with E-state index >= 15 is 0 Å². The normalized spacial score (nSPS) is 25.0. The smallest absolute Gasteiger partial charge is 0.251 e. The molecule has 1 aliphatic heterocycles. The van der Waals surface area contributed by atoms with Crippen LogP contribution in [0.5, 0.6) is 0 Å². The number of carbonyl (C=O) groups is 1. The van der Waals surface area contributed by atoms with E-state index in [1.165, 1.54) is 6.42 Å². The molecule has 0 radical (unpaired) electrons. The third-order valence-corrected chi connectivity index (χ3v) is 6.31. The number of aliphatic hydroxyl groups excluding tert-OH is 1. The largest absolute Gasteiger partial charge is 0.393 e. The Morgan fingerprint density at radius 2 is 1.92 bits per heavy atom. The van der Waals surface area contributed by atoms with Crippen LogP contribution in [-0.4, -0.2) is 47.3 Å². The predicted octanol–water partition coefficient (Wildman–Crippen LogP) is 3.05. The Morgan fingerprint density at radius 1 is 1.21 bits per heavy atom. The van der Waals surface area contributed by atoms with E-state index in [-0.39, 0.29) is 12.0 Å². The van der Waals surface area contributed by atoms with E-state index in [1.807, 2.05) is 36.0 Å². The third kappa shape index (κ3) is 4.45. The second-order valence-electron chi connectivity index (χ2n) is 6.83. The monoisotopic (exact) mass is 348 g/mol. The van der Waals surface area contributed by atoms with Crippen molar-refractivity contribution in [2.24, 2.45) is 0 Å². The summed E-state index contributed by atoms with van der Waals surface area (Å²) in [5.41, 5.74) is 1.88. The molecule has 1 aromatic rings. The van der Waals surface area contributed by atoms with Crippen molar-refractivity contribution in [3.05, 3.63) is 29.8 Å². The molecule has 1 saturated heterocycles. The van der Waals surface area contributed by atoms with Crippen LogP contribution in [0.2, 0.25) is 0 Å². The van der Waals surface area contributed by atoms with Crippen LogP contribution in [-0.2, 0) is 0 Å². The van der Waals surface area contributed by atoms with E-state index in [0.717, 1.165) is 55.8 Å². The minimum atomic E-state index is -0.160. The number of benzene rings is 1. The van der Waals surface area contributed by atoms with Crippen LogP contribution in [0.1, 0.15) is 49.4 Å². The quantitative estimate of drug-likeness (QED) is 0.859. The Kier molecular flexibility index (Phi) is 6.06. The number of carbonyl (C=O) groups excluding carboxylic acids is 1. The average Bonchev–Trinajstić information content (AvgIpc) is 3.03. The molecule has 1 heterocycles. The molecule has 0 spiro atoms. The first-order chi connectivity index (χ1) is 11.7. The molecule has 2 N–H and O–H groups in total. The van der Waals surface area contributed by atoms with Crippen molar-refractivity contribution < 1.29 is 9.90 Å². The van der Waals surface area contributed by atoms with E-state index < -0.39 is 0 Å². The Hall–Kier alpha value is -1.20. The third-order valence-electron chi connectivity index (χ3n) is 5.08. The molecule has 2 unspecified atom stereocenters. The van der Waals surface area contributed by atoms with Crippen LogP contribution in [0.3, 0.4) is 0 Å². The van der Waals surface area contributed by atoms with Crippen LogP contribution >= 0.6 is 11.8 Å². The first kappa shape index (κ1) is 17.6. The van der Waals surface area contributed by atoms with Gasteiger partial charge in [0.15, 0.2) is 0 Å². The number of hydrogen-bond acceptors (Lipinski definition) is 4. The van der Waals surface area contributed by atoms with Gasteiger partial charge in [0.2, 0.25) is 0 Å². The molecule has 1 aliphatic carbocycles. The maximum absolute atomic E-state index is 12.4. The summed E-state index contributed by atoms with van der Waals surface area (Å²) >= 11 is 2.01. The first-order valence-electron chi connectivity index (χ1n) is 9.11. The fraction of sp³-hybridized carbons (Fsp3) is 0.632. The number of thioether (sulfide) groups is 1. The first-order valence-corrected chi connectivity index (χ1v) is 10.2. The standard InChI is InChI=1S/C19H28N2O2S/c1-2-24-18-8-5-15(13-18)20-19(23)14-3-6-16(7-4-14)21-11-9-17(22)10-12-21/h3-4,6-7,15,17-18,22H,2,5,8-13H2,1H3,(H,20,23). The highest BCUT2D eigenvalue weighted by Gasteiger charge is 2.26. The van der Waals surface area contributed by atoms with Crippen molar-refractivity contribution in [2.45, 2.75) is 56.4 Å². The van der Waals surface area contributed by atoms with Gasteiger partial charge in [-0.1, -0.05) is 6.92 Å². The summed E-state index contributed by atoms with van der Waals surface area (Å²) in [6.07, 6.45) is 4.88. The fourth-order valence-electron chi connectivity index (χ4n) is 3.67. The lowest BCUT2D eigenvalue weighted by Crippen LogP contribution is -2.36. The fourth-order valence-corrected chi connectivity index (χ4v) is 4.82. The molecule has 0 bridgehead atoms. The van der Waals surface area contributed by atoms with E-state index in [1.54, 1.807) is 0 Å². The lowest BCUT2D eigenvalue weighted by molar-refractivity contribution is 0.0938. The van der Waals surface area contributed by atoms with Gasteiger partial charge in [0, 0.05) is 35.6 Å². The summed E-state index contributed by atoms with van der Waals surface area (Å²) < 4.78 is 0. The molecule has 1 saturated carbocycles. The number of aliphatic hydroxyl groups is 1. The SMILES string of the molecule is CCSC1CCC(NC(=O)c2ccc(N3CCC(O)CC3)cc2)C1. The molecule has 1 aromatic carbocycles. The van der Waals surface area contributed by atoms with Crippen molar-refractivity contribution in [2.75, 3.05) is 23.7 Å². The average molecular weight is 349 g/mol. The summed E-state index contributed by atoms with van der Waals surface area (Å²) in [6.45, 7) is 3.96. The highest BCUT2D eigenvalue weighted by atomic mass is 32.2. The molecular formula is C19H28N2O2S. The second-order valence-corrected chi connectivity index (χ2v) is 8.40. The number of piperidine rings is 1. The van der Waals surface area contributed by atoms with Gasteiger partial charge in [-0.2, -0.15) is 11.8 Å². The molecular weight excluding hydrogens is 320 g/mol. The number of amides is 1. The van der Waals surface area contributed by atoms with Crippen molar-refractivity contribution in [3.63, 3.8) is 0 Å². The van der Waals surface area contributed by atoms with Crippen LogP contribution in [0, 0.1) is 0 Å². The molecule has 1 amide bonds. The summed E-state index contributed by atoms with van der Waals surface area (Å²) in [5.74, 6) is 1.20. The van der Waals surface area contributed by atoms with E-state index in [9.17, 15) is 9.90 Å². The zero-order chi connectivity index (χ0) is 16.9. The van der Waals surface area contributed by atoms with Crippen LogP contribution in [0.25, 0.3) is 0 Å². The zero-order valence-corrected chi connectivity index (χ0v) is 15.2. The summed E-state index contributed by atoms with van der Waals surface area (Å²) in [6, 6.07) is 8.21. The van der Waals surface area contributed by atoms with Gasteiger partial charge in [-0.3, -0.25) is 4.79 Å². The number of anilines is 1. The summed E-state index contributed by atoms with van der Waals surface area (Å²) in [4.78, 5) is 14.7. The molecule has 2 fully saturated rings. The number of nitrogens with zero attached hydrogens (tertiary/aromatic N) is 1. The Balaban J connectivity index is 1.52. The molecule has 132 valence electrons. The lowest BCUT2D eigenvalue weighted by atomic mass is 10.1. The van der Waals surface area contributed by atoms with E-state index in [2.05, 4.69) is 17.1 Å².